The topological polar surface area (TPSA) is 4.93 Å². The van der Waals surface area contributed by atoms with Gasteiger partial charge in [-0.3, -0.25) is 0 Å². The van der Waals surface area contributed by atoms with Crippen LogP contribution >= 0.6 is 11.3 Å². The van der Waals surface area contributed by atoms with Gasteiger partial charge in [0.05, 0.1) is 11.0 Å². The largest absolute Gasteiger partial charge is 0.309 e. The molecule has 7 aromatic rings. The maximum Gasteiger partial charge on any atom is 0.114 e. The van der Waals surface area contributed by atoms with Gasteiger partial charge in [-0.15, -0.1) is 11.3 Å². The van der Waals surface area contributed by atoms with Crippen molar-refractivity contribution in [2.24, 2.45) is 0 Å². The molecule has 0 spiro atoms. The summed E-state index contributed by atoms with van der Waals surface area (Å²) in [5.74, 6) is 0. The van der Waals surface area contributed by atoms with Crippen LogP contribution in [-0.4, -0.2) is 12.4 Å². The number of nitrogens with zero attached hydrogens (tertiary/aromatic N) is 1. The molecule has 1 nitrogen and oxygen atoms in total. The molecular weight excluding hydrogens is 417 g/mol. The minimum Gasteiger partial charge on any atom is -0.309 e. The molecule has 0 amide bonds. The summed E-state index contributed by atoms with van der Waals surface area (Å²) in [6.45, 7) is 0. The molecule has 0 fully saturated rings. The van der Waals surface area contributed by atoms with E-state index < -0.39 is 0 Å². The highest BCUT2D eigenvalue weighted by atomic mass is 32.1. The maximum absolute atomic E-state index is 6.45. The molecule has 0 atom stereocenters. The van der Waals surface area contributed by atoms with Crippen LogP contribution in [0, 0.1) is 0 Å². The molecule has 0 bridgehead atoms. The van der Waals surface area contributed by atoms with Crippen LogP contribution < -0.4 is 5.46 Å². The Morgan fingerprint density at radius 2 is 1.33 bits per heavy atom. The molecule has 0 aliphatic carbocycles. The van der Waals surface area contributed by atoms with E-state index in [2.05, 4.69) is 108 Å². The summed E-state index contributed by atoms with van der Waals surface area (Å²) < 4.78 is 4.88. The van der Waals surface area contributed by atoms with Crippen LogP contribution in [0.15, 0.2) is 109 Å². The number of aromatic nitrogens is 1. The molecule has 7 rings (SSSR count). The summed E-state index contributed by atoms with van der Waals surface area (Å²) in [6, 6.07) is 38.8. The van der Waals surface area contributed by atoms with Crippen molar-refractivity contribution in [1.82, 2.24) is 4.57 Å². The molecule has 33 heavy (non-hydrogen) atoms. The van der Waals surface area contributed by atoms with E-state index in [1.54, 1.807) is 0 Å². The van der Waals surface area contributed by atoms with Gasteiger partial charge < -0.3 is 4.57 Å². The highest BCUT2D eigenvalue weighted by Gasteiger charge is 2.16. The van der Waals surface area contributed by atoms with Gasteiger partial charge in [-0.1, -0.05) is 78.3 Å². The number of fused-ring (bicyclic) bond motifs is 6. The van der Waals surface area contributed by atoms with Gasteiger partial charge >= 0.3 is 0 Å². The van der Waals surface area contributed by atoms with E-state index in [9.17, 15) is 0 Å². The highest BCUT2D eigenvalue weighted by molar-refractivity contribution is 7.26. The third kappa shape index (κ3) is 2.73. The number of rotatable bonds is 2. The predicted octanol–water partition coefficient (Wildman–Crippen LogP) is 7.61. The first kappa shape index (κ1) is 18.7. The number of benzene rings is 5. The maximum atomic E-state index is 6.45. The predicted molar refractivity (Wildman–Crippen MR) is 144 cm³/mol. The molecule has 0 aliphatic rings. The Morgan fingerprint density at radius 1 is 0.606 bits per heavy atom. The molecule has 0 N–H and O–H groups in total. The Bertz CT molecular complexity index is 1830. The van der Waals surface area contributed by atoms with Crippen molar-refractivity contribution in [2.45, 2.75) is 0 Å². The summed E-state index contributed by atoms with van der Waals surface area (Å²) in [5.41, 5.74) is 6.91. The van der Waals surface area contributed by atoms with E-state index in [4.69, 9.17) is 7.85 Å². The lowest BCUT2D eigenvalue weighted by Crippen LogP contribution is -2.02. The number of thiophene rings is 1. The van der Waals surface area contributed by atoms with Gasteiger partial charge in [0, 0.05) is 25.9 Å². The van der Waals surface area contributed by atoms with Crippen LogP contribution in [0.2, 0.25) is 0 Å². The van der Waals surface area contributed by atoms with E-state index in [-0.39, 0.29) is 0 Å². The highest BCUT2D eigenvalue weighted by Crippen LogP contribution is 2.41. The zero-order valence-corrected chi connectivity index (χ0v) is 18.6. The Hall–Kier alpha value is -3.82. The van der Waals surface area contributed by atoms with Gasteiger partial charge in [0.25, 0.3) is 0 Å². The van der Waals surface area contributed by atoms with Crippen molar-refractivity contribution in [3.63, 3.8) is 0 Å². The van der Waals surface area contributed by atoms with Gasteiger partial charge in [-0.2, -0.15) is 0 Å². The fourth-order valence-electron chi connectivity index (χ4n) is 5.08. The smallest absolute Gasteiger partial charge is 0.114 e. The van der Waals surface area contributed by atoms with E-state index in [0.29, 0.717) is 0 Å². The number of hydrogen-bond donors (Lipinski definition) is 0. The Morgan fingerprint density at radius 3 is 2.21 bits per heavy atom. The van der Waals surface area contributed by atoms with Crippen molar-refractivity contribution in [2.75, 3.05) is 0 Å². The molecule has 2 heterocycles. The van der Waals surface area contributed by atoms with Crippen molar-refractivity contribution in [3.05, 3.63) is 109 Å². The lowest BCUT2D eigenvalue weighted by molar-refractivity contribution is 1.18. The first-order valence-corrected chi connectivity index (χ1v) is 11.9. The molecule has 0 saturated carbocycles. The van der Waals surface area contributed by atoms with Crippen LogP contribution in [0.1, 0.15) is 0 Å². The Kier molecular flexibility index (Phi) is 4.03. The SMILES string of the molecule is [B]c1ccc(-c2ccc3c(c2)c2ccccc2n3-c2ccccc2)c2sc3ccccc3c12. The lowest BCUT2D eigenvalue weighted by Gasteiger charge is -2.09. The van der Waals surface area contributed by atoms with Crippen LogP contribution in [0.5, 0.6) is 0 Å². The van der Waals surface area contributed by atoms with Crippen LogP contribution in [0.4, 0.5) is 0 Å². The fourth-order valence-corrected chi connectivity index (χ4v) is 6.35. The molecule has 152 valence electrons. The second kappa shape index (κ2) is 7.09. The second-order valence-corrected chi connectivity index (χ2v) is 9.48. The van der Waals surface area contributed by atoms with Crippen molar-refractivity contribution < 1.29 is 0 Å². The van der Waals surface area contributed by atoms with Gasteiger partial charge in [0.1, 0.15) is 7.85 Å². The first-order valence-electron chi connectivity index (χ1n) is 11.1. The van der Waals surface area contributed by atoms with E-state index in [0.717, 1.165) is 5.46 Å². The van der Waals surface area contributed by atoms with Gasteiger partial charge in [0.2, 0.25) is 0 Å². The standard InChI is InChI=1S/C30H18BNS/c31-25-16-15-21(30-29(25)23-11-5-7-13-28(23)33-30)19-14-17-27-24(18-19)22-10-4-6-12-26(22)32(27)20-8-2-1-3-9-20/h1-18H. The van der Waals surface area contributed by atoms with E-state index in [1.807, 2.05) is 17.4 Å². The van der Waals surface area contributed by atoms with Crippen molar-refractivity contribution in [1.29, 1.82) is 0 Å². The first-order chi connectivity index (χ1) is 16.3. The van der Waals surface area contributed by atoms with Crippen molar-refractivity contribution >= 4 is 66.6 Å². The number of hydrogen-bond acceptors (Lipinski definition) is 1. The van der Waals surface area contributed by atoms with E-state index >= 15 is 0 Å². The van der Waals surface area contributed by atoms with Gasteiger partial charge in [-0.05, 0) is 58.3 Å². The average molecular weight is 435 g/mol. The Labute approximate surface area is 196 Å². The van der Waals surface area contributed by atoms with Gasteiger partial charge in [-0.25, -0.2) is 0 Å². The zero-order valence-electron chi connectivity index (χ0n) is 17.8. The molecule has 2 radical (unpaired) electrons. The quantitative estimate of drug-likeness (QED) is 0.246. The average Bonchev–Trinajstić information content (AvgIpc) is 3.41. The minimum atomic E-state index is 0.841. The normalized spacial score (nSPS) is 11.8. The molecule has 5 aromatic carbocycles. The fraction of sp³-hybridized carbons (Fsp3) is 0. The molecule has 0 unspecified atom stereocenters. The monoisotopic (exact) mass is 435 g/mol. The molecule has 2 aromatic heterocycles. The molecule has 0 saturated heterocycles. The third-order valence-electron chi connectivity index (χ3n) is 6.56. The third-order valence-corrected chi connectivity index (χ3v) is 7.76. The number of para-hydroxylation sites is 2. The molecular formula is C30H18BNS. The molecule has 3 heteroatoms. The Balaban J connectivity index is 1.55. The summed E-state index contributed by atoms with van der Waals surface area (Å²) in [5, 5.41) is 4.93. The van der Waals surface area contributed by atoms with Crippen LogP contribution in [0.3, 0.4) is 0 Å². The lowest BCUT2D eigenvalue weighted by atomic mass is 9.88. The molecule has 0 aliphatic heterocycles. The zero-order chi connectivity index (χ0) is 21.9. The summed E-state index contributed by atoms with van der Waals surface area (Å²) in [7, 11) is 6.45. The van der Waals surface area contributed by atoms with Gasteiger partial charge in [0.15, 0.2) is 0 Å². The van der Waals surface area contributed by atoms with Crippen LogP contribution in [0.25, 0.3) is 58.8 Å². The summed E-state index contributed by atoms with van der Waals surface area (Å²) >= 11 is 1.82. The van der Waals surface area contributed by atoms with E-state index in [1.165, 1.54) is 58.8 Å². The minimum absolute atomic E-state index is 0.841. The summed E-state index contributed by atoms with van der Waals surface area (Å²) in [6.07, 6.45) is 0. The van der Waals surface area contributed by atoms with Crippen molar-refractivity contribution in [3.8, 4) is 16.8 Å². The second-order valence-electron chi connectivity index (χ2n) is 8.42. The summed E-state index contributed by atoms with van der Waals surface area (Å²) in [4.78, 5) is 0. The van der Waals surface area contributed by atoms with Crippen LogP contribution in [-0.2, 0) is 0 Å².